The standard InChI is InChI=1S/C40H62O/c1-5-9-11-13-15-17-19-27-33-39(7-3,35-37-29-23-21-24-30-37)41-40(8-4,36-38-31-25-22-26-32-38)34-28-20-18-16-14-12-10-6-2/h7-8,21-26,29-32H,3-6,9-20,27-28,33-36H2,1-2H3. The summed E-state index contributed by atoms with van der Waals surface area (Å²) >= 11 is 0. The van der Waals surface area contributed by atoms with Crippen LogP contribution in [0.1, 0.15) is 141 Å². The molecule has 0 fully saturated rings. The van der Waals surface area contributed by atoms with E-state index in [4.69, 9.17) is 4.74 Å². The van der Waals surface area contributed by atoms with Crippen molar-refractivity contribution < 1.29 is 4.74 Å². The van der Waals surface area contributed by atoms with Crippen LogP contribution >= 0.6 is 0 Å². The van der Waals surface area contributed by atoms with Crippen LogP contribution in [-0.2, 0) is 17.6 Å². The molecule has 2 aromatic rings. The first kappa shape index (κ1) is 35.1. The van der Waals surface area contributed by atoms with E-state index in [2.05, 4.69) is 99.8 Å². The van der Waals surface area contributed by atoms with Gasteiger partial charge in [-0.2, -0.15) is 0 Å². The van der Waals surface area contributed by atoms with Crippen LogP contribution in [0.3, 0.4) is 0 Å². The molecule has 0 aliphatic heterocycles. The Hall–Kier alpha value is -2.12. The third-order valence-electron chi connectivity index (χ3n) is 8.75. The van der Waals surface area contributed by atoms with E-state index in [1.165, 1.54) is 114 Å². The first-order valence-corrected chi connectivity index (χ1v) is 17.2. The molecule has 0 bridgehead atoms. The van der Waals surface area contributed by atoms with Crippen molar-refractivity contribution in [1.29, 1.82) is 0 Å². The Labute approximate surface area is 254 Å². The van der Waals surface area contributed by atoms with Crippen LogP contribution in [-0.4, -0.2) is 11.2 Å². The highest BCUT2D eigenvalue weighted by Crippen LogP contribution is 2.37. The Bertz CT molecular complexity index is 827. The smallest absolute Gasteiger partial charge is 0.0912 e. The Morgan fingerprint density at radius 1 is 0.488 bits per heavy atom. The van der Waals surface area contributed by atoms with Gasteiger partial charge in [0.15, 0.2) is 0 Å². The molecule has 41 heavy (non-hydrogen) atoms. The van der Waals surface area contributed by atoms with Crippen molar-refractivity contribution in [2.45, 2.75) is 153 Å². The summed E-state index contributed by atoms with van der Waals surface area (Å²) in [5, 5.41) is 0. The number of ether oxygens (including phenoxy) is 1. The first-order chi connectivity index (χ1) is 20.1. The van der Waals surface area contributed by atoms with Crippen LogP contribution < -0.4 is 0 Å². The molecule has 0 saturated heterocycles. The van der Waals surface area contributed by atoms with Crippen molar-refractivity contribution in [3.63, 3.8) is 0 Å². The Morgan fingerprint density at radius 3 is 1.12 bits per heavy atom. The van der Waals surface area contributed by atoms with Crippen molar-refractivity contribution in [2.75, 3.05) is 0 Å². The van der Waals surface area contributed by atoms with Crippen LogP contribution in [0.25, 0.3) is 0 Å². The molecule has 2 rings (SSSR count). The van der Waals surface area contributed by atoms with E-state index in [0.29, 0.717) is 0 Å². The van der Waals surface area contributed by atoms with Crippen molar-refractivity contribution in [3.8, 4) is 0 Å². The largest absolute Gasteiger partial charge is 0.360 e. The molecule has 0 aromatic heterocycles. The highest BCUT2D eigenvalue weighted by Gasteiger charge is 2.38. The fourth-order valence-electron chi connectivity index (χ4n) is 6.19. The second-order valence-corrected chi connectivity index (χ2v) is 12.4. The van der Waals surface area contributed by atoms with E-state index in [9.17, 15) is 0 Å². The van der Waals surface area contributed by atoms with Gasteiger partial charge in [0.05, 0.1) is 11.2 Å². The van der Waals surface area contributed by atoms with Crippen molar-refractivity contribution in [3.05, 3.63) is 97.1 Å². The van der Waals surface area contributed by atoms with Gasteiger partial charge in [-0.15, -0.1) is 13.2 Å². The van der Waals surface area contributed by atoms with Crippen LogP contribution in [0.4, 0.5) is 0 Å². The van der Waals surface area contributed by atoms with Crippen LogP contribution in [0.15, 0.2) is 86.0 Å². The lowest BCUT2D eigenvalue weighted by molar-refractivity contribution is -0.116. The number of benzene rings is 2. The molecule has 0 saturated carbocycles. The third kappa shape index (κ3) is 14.6. The quantitative estimate of drug-likeness (QED) is 0.0824. The fraction of sp³-hybridized carbons (Fsp3) is 0.600. The lowest BCUT2D eigenvalue weighted by Gasteiger charge is -2.42. The summed E-state index contributed by atoms with van der Waals surface area (Å²) in [4.78, 5) is 0. The first-order valence-electron chi connectivity index (χ1n) is 17.2. The highest BCUT2D eigenvalue weighted by atomic mass is 16.5. The summed E-state index contributed by atoms with van der Waals surface area (Å²) in [6.45, 7) is 13.4. The summed E-state index contributed by atoms with van der Waals surface area (Å²) in [5.41, 5.74) is 1.81. The van der Waals surface area contributed by atoms with E-state index in [-0.39, 0.29) is 0 Å². The summed E-state index contributed by atoms with van der Waals surface area (Å²) in [5.74, 6) is 0. The maximum absolute atomic E-state index is 7.42. The molecule has 0 radical (unpaired) electrons. The van der Waals surface area contributed by atoms with Gasteiger partial charge in [-0.1, -0.05) is 189 Å². The zero-order valence-electron chi connectivity index (χ0n) is 26.9. The monoisotopic (exact) mass is 558 g/mol. The van der Waals surface area contributed by atoms with E-state index in [0.717, 1.165) is 25.7 Å². The SMILES string of the molecule is C=CC(CCCCCCCCCC)(Cc1ccccc1)OC(C=C)(CCCCCCCCCC)Cc1ccccc1. The maximum atomic E-state index is 7.42. The second kappa shape index (κ2) is 21.6. The highest BCUT2D eigenvalue weighted by molar-refractivity contribution is 5.23. The number of rotatable bonds is 26. The van der Waals surface area contributed by atoms with E-state index < -0.39 is 11.2 Å². The van der Waals surface area contributed by atoms with E-state index in [1.807, 2.05) is 0 Å². The molecule has 1 heteroatoms. The molecular formula is C40H62O. The summed E-state index contributed by atoms with van der Waals surface area (Å²) < 4.78 is 7.42. The minimum atomic E-state index is -0.410. The van der Waals surface area contributed by atoms with Gasteiger partial charge in [0.25, 0.3) is 0 Å². The molecule has 0 heterocycles. The van der Waals surface area contributed by atoms with Crippen LogP contribution in [0, 0.1) is 0 Å². The summed E-state index contributed by atoms with van der Waals surface area (Å²) in [7, 11) is 0. The number of unbranched alkanes of at least 4 members (excludes halogenated alkanes) is 14. The third-order valence-corrected chi connectivity index (χ3v) is 8.75. The Balaban J connectivity index is 2.16. The molecule has 2 unspecified atom stereocenters. The minimum absolute atomic E-state index is 0.410. The molecule has 0 amide bonds. The molecule has 0 N–H and O–H groups in total. The number of hydrogen-bond acceptors (Lipinski definition) is 1. The van der Waals surface area contributed by atoms with Crippen molar-refractivity contribution in [1.82, 2.24) is 0 Å². The molecule has 0 spiro atoms. The van der Waals surface area contributed by atoms with Gasteiger partial charge in [-0.25, -0.2) is 0 Å². The lowest BCUT2D eigenvalue weighted by atomic mass is 9.84. The molecule has 2 atom stereocenters. The summed E-state index contributed by atoms with van der Waals surface area (Å²) in [6.07, 6.45) is 29.0. The second-order valence-electron chi connectivity index (χ2n) is 12.4. The van der Waals surface area contributed by atoms with Crippen molar-refractivity contribution >= 4 is 0 Å². The average Bonchev–Trinajstić information content (AvgIpc) is 3.00. The van der Waals surface area contributed by atoms with Crippen LogP contribution in [0.5, 0.6) is 0 Å². The Morgan fingerprint density at radius 2 is 0.805 bits per heavy atom. The van der Waals surface area contributed by atoms with Gasteiger partial charge in [0, 0.05) is 12.8 Å². The van der Waals surface area contributed by atoms with Gasteiger partial charge >= 0.3 is 0 Å². The minimum Gasteiger partial charge on any atom is -0.360 e. The molecule has 0 aliphatic rings. The zero-order chi connectivity index (χ0) is 29.5. The number of hydrogen-bond donors (Lipinski definition) is 0. The average molecular weight is 559 g/mol. The molecule has 0 aliphatic carbocycles. The molecule has 2 aromatic carbocycles. The topological polar surface area (TPSA) is 9.23 Å². The fourth-order valence-corrected chi connectivity index (χ4v) is 6.19. The van der Waals surface area contributed by atoms with E-state index in [1.54, 1.807) is 0 Å². The lowest BCUT2D eigenvalue weighted by Crippen LogP contribution is -2.45. The predicted octanol–water partition coefficient (Wildman–Crippen LogP) is 12.4. The zero-order valence-corrected chi connectivity index (χ0v) is 26.9. The molecular weight excluding hydrogens is 496 g/mol. The molecule has 1 nitrogen and oxygen atoms in total. The normalized spacial score (nSPS) is 14.3. The van der Waals surface area contributed by atoms with Crippen molar-refractivity contribution in [2.24, 2.45) is 0 Å². The van der Waals surface area contributed by atoms with Gasteiger partial charge in [0.1, 0.15) is 0 Å². The van der Waals surface area contributed by atoms with Gasteiger partial charge in [-0.05, 0) is 24.0 Å². The van der Waals surface area contributed by atoms with Gasteiger partial charge in [0.2, 0.25) is 0 Å². The van der Waals surface area contributed by atoms with Gasteiger partial charge in [-0.3, -0.25) is 0 Å². The van der Waals surface area contributed by atoms with E-state index >= 15 is 0 Å². The van der Waals surface area contributed by atoms with Crippen LogP contribution in [0.2, 0.25) is 0 Å². The maximum Gasteiger partial charge on any atom is 0.0912 e. The van der Waals surface area contributed by atoms with Gasteiger partial charge < -0.3 is 4.74 Å². The summed E-state index contributed by atoms with van der Waals surface area (Å²) in [6, 6.07) is 21.7. The molecule has 228 valence electrons. The predicted molar refractivity (Wildman–Crippen MR) is 182 cm³/mol. The Kier molecular flexibility index (Phi) is 18.4.